The van der Waals surface area contributed by atoms with Gasteiger partial charge < -0.3 is 18.9 Å². The van der Waals surface area contributed by atoms with Crippen molar-refractivity contribution in [1.82, 2.24) is 0 Å². The van der Waals surface area contributed by atoms with Gasteiger partial charge >= 0.3 is 0 Å². The lowest BCUT2D eigenvalue weighted by Gasteiger charge is -2.50. The van der Waals surface area contributed by atoms with Crippen LogP contribution in [0.4, 0.5) is 0 Å². The molecule has 5 rings (SSSR count). The second kappa shape index (κ2) is 15.9. The van der Waals surface area contributed by atoms with Gasteiger partial charge in [-0.3, -0.25) is 0 Å². The Labute approximate surface area is 255 Å². The first-order valence-electron chi connectivity index (χ1n) is 15.0. The summed E-state index contributed by atoms with van der Waals surface area (Å²) in [5.74, 6) is -1.42. The number of hydrogen-bond donors (Lipinski definition) is 0. The molecule has 2 unspecified atom stereocenters. The summed E-state index contributed by atoms with van der Waals surface area (Å²) in [7, 11) is 1.53. The first-order valence-corrected chi connectivity index (χ1v) is 15.0. The van der Waals surface area contributed by atoms with Crippen molar-refractivity contribution in [2.45, 2.75) is 57.8 Å². The van der Waals surface area contributed by atoms with E-state index in [2.05, 4.69) is 43.3 Å². The Morgan fingerprint density at radius 1 is 0.581 bits per heavy atom. The van der Waals surface area contributed by atoms with Crippen LogP contribution in [-0.2, 0) is 55.2 Å². The third-order valence-corrected chi connectivity index (χ3v) is 8.09. The van der Waals surface area contributed by atoms with Crippen LogP contribution in [0.25, 0.3) is 0 Å². The van der Waals surface area contributed by atoms with Crippen molar-refractivity contribution in [3.05, 3.63) is 144 Å². The number of ether oxygens (including phenoxy) is 4. The highest BCUT2D eigenvalue weighted by Crippen LogP contribution is 2.45. The molecule has 0 heterocycles. The molecule has 6 heteroatoms. The van der Waals surface area contributed by atoms with E-state index in [1.165, 1.54) is 7.11 Å². The summed E-state index contributed by atoms with van der Waals surface area (Å²) in [5.41, 5.74) is 4.36. The van der Waals surface area contributed by atoms with Crippen LogP contribution in [0.1, 0.15) is 35.6 Å². The van der Waals surface area contributed by atoms with Crippen molar-refractivity contribution in [2.75, 3.05) is 13.7 Å². The Bertz CT molecular complexity index is 1320. The van der Waals surface area contributed by atoms with Gasteiger partial charge in [-0.25, -0.2) is 9.78 Å². The van der Waals surface area contributed by atoms with Crippen LogP contribution in [0.15, 0.2) is 121 Å². The van der Waals surface area contributed by atoms with Crippen molar-refractivity contribution >= 4 is 0 Å². The number of hydrogen-bond acceptors (Lipinski definition) is 6. The molecule has 1 aliphatic rings. The van der Waals surface area contributed by atoms with Gasteiger partial charge in [-0.15, -0.1) is 0 Å². The molecule has 1 saturated carbocycles. The maximum absolute atomic E-state index is 6.73. The van der Waals surface area contributed by atoms with E-state index in [-0.39, 0.29) is 24.0 Å². The van der Waals surface area contributed by atoms with Crippen LogP contribution in [0, 0.1) is 11.8 Å². The van der Waals surface area contributed by atoms with Gasteiger partial charge in [0.1, 0.15) is 0 Å². The van der Waals surface area contributed by atoms with Gasteiger partial charge in [0, 0.05) is 18.3 Å². The summed E-state index contributed by atoms with van der Waals surface area (Å²) in [4.78, 5) is 11.5. The molecule has 4 aromatic rings. The Balaban J connectivity index is 1.43. The van der Waals surface area contributed by atoms with E-state index in [0.29, 0.717) is 39.5 Å². The van der Waals surface area contributed by atoms with E-state index in [4.69, 9.17) is 28.7 Å². The van der Waals surface area contributed by atoms with Gasteiger partial charge in [-0.1, -0.05) is 128 Å². The molecule has 0 aromatic heterocycles. The molecule has 0 aliphatic heterocycles. The van der Waals surface area contributed by atoms with Crippen molar-refractivity contribution < 1.29 is 28.7 Å². The monoisotopic (exact) mass is 582 g/mol. The standard InChI is InChI=1S/C37H42O6/c1-29-35(40-25-31-17-9-4-10-18-31)36(41-26-32-19-11-5-12-20-32)34(28-39-24-30-15-7-3-8-16-30)23-37(29,43-38-2)42-27-33-21-13-6-14-22-33/h3-22,29,34-36H,23-28H2,1-2H3/t29-,34?,35+,36+,37?/m0/s1. The Morgan fingerprint density at radius 2 is 1.02 bits per heavy atom. The molecule has 0 bridgehead atoms. The van der Waals surface area contributed by atoms with Crippen LogP contribution in [0.5, 0.6) is 0 Å². The molecule has 0 radical (unpaired) electrons. The molecule has 43 heavy (non-hydrogen) atoms. The van der Waals surface area contributed by atoms with Crippen LogP contribution in [0.3, 0.4) is 0 Å². The minimum Gasteiger partial charge on any atom is -0.376 e. The van der Waals surface area contributed by atoms with Crippen molar-refractivity contribution in [3.8, 4) is 0 Å². The average Bonchev–Trinajstić information content (AvgIpc) is 3.06. The summed E-state index contributed by atoms with van der Waals surface area (Å²) >= 11 is 0. The maximum Gasteiger partial charge on any atom is 0.207 e. The fraction of sp³-hybridized carbons (Fsp3) is 0.351. The minimum absolute atomic E-state index is 0.102. The summed E-state index contributed by atoms with van der Waals surface area (Å²) < 4.78 is 26.5. The highest BCUT2D eigenvalue weighted by Gasteiger charge is 2.55. The summed E-state index contributed by atoms with van der Waals surface area (Å²) in [6, 6.07) is 40.7. The van der Waals surface area contributed by atoms with Gasteiger partial charge in [-0.2, -0.15) is 0 Å². The van der Waals surface area contributed by atoms with E-state index in [1.54, 1.807) is 0 Å². The molecular weight excluding hydrogens is 540 g/mol. The van der Waals surface area contributed by atoms with E-state index in [0.717, 1.165) is 22.3 Å². The summed E-state index contributed by atoms with van der Waals surface area (Å²) in [6.07, 6.45) is -0.133. The minimum atomic E-state index is -1.08. The van der Waals surface area contributed by atoms with E-state index in [1.807, 2.05) is 84.9 Å². The molecule has 0 N–H and O–H groups in total. The first kappa shape index (κ1) is 31.1. The summed E-state index contributed by atoms with van der Waals surface area (Å²) in [6.45, 7) is 4.29. The second-order valence-corrected chi connectivity index (χ2v) is 11.1. The molecular formula is C37H42O6. The van der Waals surface area contributed by atoms with Crippen LogP contribution < -0.4 is 0 Å². The normalized spacial score (nSPS) is 23.7. The molecule has 0 saturated heterocycles. The molecule has 5 atom stereocenters. The zero-order chi connectivity index (χ0) is 29.7. The van der Waals surface area contributed by atoms with E-state index < -0.39 is 5.79 Å². The smallest absolute Gasteiger partial charge is 0.207 e. The SMILES string of the molecule is COOC1(OCc2ccccc2)CC(COCc2ccccc2)[C@@H](OCc2ccccc2)[C@H](OCc2ccccc2)[C@@H]1C. The van der Waals surface area contributed by atoms with Crippen LogP contribution in [0.2, 0.25) is 0 Å². The highest BCUT2D eigenvalue weighted by atomic mass is 17.2. The predicted molar refractivity (Wildman–Crippen MR) is 165 cm³/mol. The van der Waals surface area contributed by atoms with Gasteiger partial charge in [0.05, 0.1) is 52.4 Å². The van der Waals surface area contributed by atoms with Crippen molar-refractivity contribution in [1.29, 1.82) is 0 Å². The molecule has 0 spiro atoms. The fourth-order valence-corrected chi connectivity index (χ4v) is 5.78. The highest BCUT2D eigenvalue weighted by molar-refractivity contribution is 5.16. The average molecular weight is 583 g/mol. The molecule has 1 fully saturated rings. The first-order chi connectivity index (χ1) is 21.2. The molecule has 1 aliphatic carbocycles. The van der Waals surface area contributed by atoms with Crippen LogP contribution >= 0.6 is 0 Å². The van der Waals surface area contributed by atoms with Gasteiger partial charge in [0.15, 0.2) is 0 Å². The second-order valence-electron chi connectivity index (χ2n) is 11.1. The zero-order valence-corrected chi connectivity index (χ0v) is 25.0. The van der Waals surface area contributed by atoms with Crippen molar-refractivity contribution in [3.63, 3.8) is 0 Å². The van der Waals surface area contributed by atoms with Crippen LogP contribution in [-0.4, -0.2) is 31.7 Å². The molecule has 0 amide bonds. The lowest BCUT2D eigenvalue weighted by molar-refractivity contribution is -0.456. The topological polar surface area (TPSA) is 55.4 Å². The lowest BCUT2D eigenvalue weighted by atomic mass is 9.73. The Kier molecular flexibility index (Phi) is 11.5. The third kappa shape index (κ3) is 8.61. The maximum atomic E-state index is 6.73. The van der Waals surface area contributed by atoms with Gasteiger partial charge in [0.25, 0.3) is 0 Å². The summed E-state index contributed by atoms with van der Waals surface area (Å²) in [5, 5.41) is 0. The molecule has 226 valence electrons. The van der Waals surface area contributed by atoms with E-state index in [9.17, 15) is 0 Å². The largest absolute Gasteiger partial charge is 0.376 e. The zero-order valence-electron chi connectivity index (χ0n) is 25.0. The van der Waals surface area contributed by atoms with Gasteiger partial charge in [0.2, 0.25) is 5.79 Å². The number of rotatable bonds is 15. The van der Waals surface area contributed by atoms with Gasteiger partial charge in [-0.05, 0) is 22.3 Å². The molecule has 6 nitrogen and oxygen atoms in total. The lowest BCUT2D eigenvalue weighted by Crippen LogP contribution is -2.60. The Hall–Kier alpha value is -3.36. The Morgan fingerprint density at radius 3 is 1.51 bits per heavy atom. The van der Waals surface area contributed by atoms with Crippen molar-refractivity contribution in [2.24, 2.45) is 11.8 Å². The molecule has 4 aromatic carbocycles. The third-order valence-electron chi connectivity index (χ3n) is 8.09. The number of benzene rings is 4. The predicted octanol–water partition coefficient (Wildman–Crippen LogP) is 7.52. The van der Waals surface area contributed by atoms with E-state index >= 15 is 0 Å². The fourth-order valence-electron chi connectivity index (χ4n) is 5.78. The quantitative estimate of drug-likeness (QED) is 0.0821.